The highest BCUT2D eigenvalue weighted by Crippen LogP contribution is 2.23. The number of anilines is 1. The van der Waals surface area contributed by atoms with Crippen LogP contribution in [-0.2, 0) is 9.53 Å². The summed E-state index contributed by atoms with van der Waals surface area (Å²) in [6, 6.07) is 10.1. The lowest BCUT2D eigenvalue weighted by Crippen LogP contribution is -2.48. The number of ether oxygens (including phenoxy) is 1. The summed E-state index contributed by atoms with van der Waals surface area (Å²) in [5.74, 6) is 0.672. The van der Waals surface area contributed by atoms with Gasteiger partial charge in [-0.2, -0.15) is 5.26 Å². The first-order chi connectivity index (χ1) is 12.2. The molecule has 0 aromatic heterocycles. The molecule has 2 saturated heterocycles. The maximum atomic E-state index is 12.1. The molecule has 0 saturated carbocycles. The molecule has 2 aliphatic rings. The summed E-state index contributed by atoms with van der Waals surface area (Å²) in [6.45, 7) is 6.92. The minimum absolute atomic E-state index is 0.253. The molecule has 1 amide bonds. The van der Waals surface area contributed by atoms with E-state index < -0.39 is 0 Å². The minimum Gasteiger partial charge on any atom is -0.383 e. The third kappa shape index (κ3) is 4.30. The number of hydrogen-bond donors (Lipinski definition) is 0. The van der Waals surface area contributed by atoms with Gasteiger partial charge in [-0.05, 0) is 18.1 Å². The van der Waals surface area contributed by atoms with Gasteiger partial charge in [0.25, 0.3) is 0 Å². The van der Waals surface area contributed by atoms with Crippen LogP contribution in [-0.4, -0.2) is 75.2 Å². The molecule has 0 radical (unpaired) electrons. The van der Waals surface area contributed by atoms with Crippen molar-refractivity contribution in [2.45, 2.75) is 6.42 Å². The van der Waals surface area contributed by atoms with E-state index in [1.165, 1.54) is 0 Å². The van der Waals surface area contributed by atoms with Crippen LogP contribution in [0.3, 0.4) is 0 Å². The van der Waals surface area contributed by atoms with Gasteiger partial charge < -0.3 is 14.5 Å². The second-order valence-electron chi connectivity index (χ2n) is 6.82. The third-order valence-corrected chi connectivity index (χ3v) is 5.11. The number of benzene rings is 1. The lowest BCUT2D eigenvalue weighted by molar-refractivity contribution is -0.128. The fourth-order valence-corrected chi connectivity index (χ4v) is 3.77. The molecule has 0 N–H and O–H groups in total. The van der Waals surface area contributed by atoms with Crippen LogP contribution >= 0.6 is 0 Å². The Morgan fingerprint density at radius 2 is 2.00 bits per heavy atom. The van der Waals surface area contributed by atoms with Gasteiger partial charge in [-0.3, -0.25) is 9.69 Å². The number of piperazine rings is 1. The number of carbonyl (C=O) groups is 1. The Morgan fingerprint density at radius 1 is 1.24 bits per heavy atom. The standard InChI is InChI=1S/C19H26N4O2/c1-25-11-10-23-15-16(12-19(23)24)14-21-6-8-22(9-7-21)18-5-3-2-4-17(18)13-20/h2-5,16H,6-12,14-15H2,1H3/t16-/m1/s1. The summed E-state index contributed by atoms with van der Waals surface area (Å²) < 4.78 is 5.08. The molecule has 2 heterocycles. The summed E-state index contributed by atoms with van der Waals surface area (Å²) in [4.78, 5) is 18.7. The maximum absolute atomic E-state index is 12.1. The highest BCUT2D eigenvalue weighted by Gasteiger charge is 2.31. The molecule has 25 heavy (non-hydrogen) atoms. The van der Waals surface area contributed by atoms with Gasteiger partial charge in [0.15, 0.2) is 0 Å². The number of rotatable bonds is 6. The van der Waals surface area contributed by atoms with Crippen molar-refractivity contribution in [3.05, 3.63) is 29.8 Å². The number of hydrogen-bond acceptors (Lipinski definition) is 5. The van der Waals surface area contributed by atoms with Crippen LogP contribution in [0.15, 0.2) is 24.3 Å². The molecular formula is C19H26N4O2. The summed E-state index contributed by atoms with van der Waals surface area (Å²) in [5, 5.41) is 9.27. The van der Waals surface area contributed by atoms with Gasteiger partial charge in [0.2, 0.25) is 5.91 Å². The van der Waals surface area contributed by atoms with E-state index in [4.69, 9.17) is 4.74 Å². The second-order valence-corrected chi connectivity index (χ2v) is 6.82. The Morgan fingerprint density at radius 3 is 2.72 bits per heavy atom. The average molecular weight is 342 g/mol. The number of methoxy groups -OCH3 is 1. The molecule has 2 aliphatic heterocycles. The van der Waals surface area contributed by atoms with Crippen LogP contribution in [0.25, 0.3) is 0 Å². The Kier molecular flexibility index (Phi) is 5.90. The molecule has 6 nitrogen and oxygen atoms in total. The fraction of sp³-hybridized carbons (Fsp3) is 0.579. The Balaban J connectivity index is 1.49. The van der Waals surface area contributed by atoms with Crippen molar-refractivity contribution in [3.8, 4) is 6.07 Å². The van der Waals surface area contributed by atoms with Gasteiger partial charge in [0, 0.05) is 59.3 Å². The number of carbonyl (C=O) groups excluding carboxylic acids is 1. The van der Waals surface area contributed by atoms with Gasteiger partial charge in [-0.1, -0.05) is 12.1 Å². The van der Waals surface area contributed by atoms with E-state index in [2.05, 4.69) is 15.9 Å². The van der Waals surface area contributed by atoms with Gasteiger partial charge in [0.1, 0.15) is 6.07 Å². The molecule has 2 fully saturated rings. The van der Waals surface area contributed by atoms with E-state index in [0.29, 0.717) is 25.5 Å². The van der Waals surface area contributed by atoms with E-state index in [0.717, 1.165) is 50.5 Å². The quantitative estimate of drug-likeness (QED) is 0.777. The van der Waals surface area contributed by atoms with Gasteiger partial charge in [-0.25, -0.2) is 0 Å². The molecule has 0 bridgehead atoms. The van der Waals surface area contributed by atoms with Crippen molar-refractivity contribution < 1.29 is 9.53 Å². The Hall–Kier alpha value is -2.10. The zero-order valence-corrected chi connectivity index (χ0v) is 14.9. The lowest BCUT2D eigenvalue weighted by atomic mass is 10.1. The number of nitrogens with zero attached hydrogens (tertiary/aromatic N) is 4. The monoisotopic (exact) mass is 342 g/mol. The predicted molar refractivity (Wildman–Crippen MR) is 96.4 cm³/mol. The van der Waals surface area contributed by atoms with Crippen LogP contribution in [0.5, 0.6) is 0 Å². The van der Waals surface area contributed by atoms with E-state index >= 15 is 0 Å². The SMILES string of the molecule is COCCN1C[C@@H](CN2CCN(c3ccccc3C#N)CC2)CC1=O. The van der Waals surface area contributed by atoms with Gasteiger partial charge >= 0.3 is 0 Å². The van der Waals surface area contributed by atoms with Crippen molar-refractivity contribution in [1.29, 1.82) is 5.26 Å². The van der Waals surface area contributed by atoms with Crippen LogP contribution in [0.2, 0.25) is 0 Å². The second kappa shape index (κ2) is 8.32. The first kappa shape index (κ1) is 17.7. The molecule has 1 aromatic carbocycles. The molecule has 0 unspecified atom stereocenters. The molecule has 134 valence electrons. The number of likely N-dealkylation sites (tertiary alicyclic amines) is 1. The molecule has 1 atom stereocenters. The lowest BCUT2D eigenvalue weighted by Gasteiger charge is -2.37. The molecule has 0 spiro atoms. The minimum atomic E-state index is 0.253. The average Bonchev–Trinajstić information content (AvgIpc) is 2.99. The zero-order valence-electron chi connectivity index (χ0n) is 14.9. The first-order valence-electron chi connectivity index (χ1n) is 8.94. The van der Waals surface area contributed by atoms with Crippen LogP contribution < -0.4 is 4.90 Å². The summed E-state index contributed by atoms with van der Waals surface area (Å²) in [5.41, 5.74) is 1.78. The van der Waals surface area contributed by atoms with Gasteiger partial charge in [0.05, 0.1) is 17.9 Å². The summed E-state index contributed by atoms with van der Waals surface area (Å²) >= 11 is 0. The highest BCUT2D eigenvalue weighted by atomic mass is 16.5. The maximum Gasteiger partial charge on any atom is 0.223 e. The van der Waals surface area contributed by atoms with E-state index in [-0.39, 0.29) is 5.91 Å². The Bertz CT molecular complexity index is 635. The molecule has 3 rings (SSSR count). The van der Waals surface area contributed by atoms with Crippen molar-refractivity contribution >= 4 is 11.6 Å². The number of para-hydroxylation sites is 1. The van der Waals surface area contributed by atoms with E-state index in [1.54, 1.807) is 7.11 Å². The van der Waals surface area contributed by atoms with Crippen LogP contribution in [0.4, 0.5) is 5.69 Å². The molecule has 6 heteroatoms. The zero-order chi connectivity index (χ0) is 17.6. The normalized spacial score (nSPS) is 21.6. The van der Waals surface area contributed by atoms with Gasteiger partial charge in [-0.15, -0.1) is 0 Å². The van der Waals surface area contributed by atoms with Crippen molar-refractivity contribution in [1.82, 2.24) is 9.80 Å². The first-order valence-corrected chi connectivity index (χ1v) is 8.94. The van der Waals surface area contributed by atoms with Crippen LogP contribution in [0.1, 0.15) is 12.0 Å². The smallest absolute Gasteiger partial charge is 0.223 e. The van der Waals surface area contributed by atoms with Crippen molar-refractivity contribution in [3.63, 3.8) is 0 Å². The largest absolute Gasteiger partial charge is 0.383 e. The number of amides is 1. The number of nitriles is 1. The third-order valence-electron chi connectivity index (χ3n) is 5.11. The van der Waals surface area contributed by atoms with E-state index in [1.807, 2.05) is 29.2 Å². The predicted octanol–water partition coefficient (Wildman–Crippen LogP) is 1.18. The summed E-state index contributed by atoms with van der Waals surface area (Å²) in [6.07, 6.45) is 0.654. The molecule has 0 aliphatic carbocycles. The topological polar surface area (TPSA) is 59.8 Å². The summed E-state index contributed by atoms with van der Waals surface area (Å²) in [7, 11) is 1.67. The highest BCUT2D eigenvalue weighted by molar-refractivity contribution is 5.78. The van der Waals surface area contributed by atoms with Crippen molar-refractivity contribution in [2.75, 3.05) is 64.4 Å². The molecule has 1 aromatic rings. The molecular weight excluding hydrogens is 316 g/mol. The van der Waals surface area contributed by atoms with Crippen molar-refractivity contribution in [2.24, 2.45) is 5.92 Å². The Labute approximate surface area is 149 Å². The van der Waals surface area contributed by atoms with E-state index in [9.17, 15) is 10.1 Å². The fourth-order valence-electron chi connectivity index (χ4n) is 3.77. The van der Waals surface area contributed by atoms with Crippen LogP contribution in [0, 0.1) is 17.2 Å².